The van der Waals surface area contributed by atoms with Crippen LogP contribution in [0.5, 0.6) is 0 Å². The quantitative estimate of drug-likeness (QED) is 0.707. The molecule has 2 nitrogen and oxygen atoms in total. The molecule has 2 rings (SSSR count). The van der Waals surface area contributed by atoms with E-state index in [0.717, 1.165) is 12.8 Å². The van der Waals surface area contributed by atoms with Gasteiger partial charge in [0.05, 0.1) is 0 Å². The Morgan fingerprint density at radius 3 is 2.60 bits per heavy atom. The Morgan fingerprint density at radius 2 is 2.00 bits per heavy atom. The van der Waals surface area contributed by atoms with Crippen LogP contribution >= 0.6 is 0 Å². The summed E-state index contributed by atoms with van der Waals surface area (Å²) in [7, 11) is 0. The first kappa shape index (κ1) is 11.1. The maximum Gasteiger partial charge on any atom is 0.137 e. The molecule has 2 bridgehead atoms. The standard InChI is InChI=1S/C13H23NO/c1-2-3-4-5-11(15)12-9-6-7-10(8-9)13(12)14/h9-10,12-13H,2-8,14H2,1H3. The van der Waals surface area contributed by atoms with Crippen molar-refractivity contribution >= 4 is 5.78 Å². The number of unbranched alkanes of at least 4 members (excludes halogenated alkanes) is 2. The molecule has 2 aliphatic carbocycles. The Kier molecular flexibility index (Phi) is 3.45. The number of rotatable bonds is 5. The number of hydrogen-bond donors (Lipinski definition) is 1. The Balaban J connectivity index is 1.85. The topological polar surface area (TPSA) is 43.1 Å². The van der Waals surface area contributed by atoms with Gasteiger partial charge in [-0.25, -0.2) is 0 Å². The molecule has 2 heteroatoms. The van der Waals surface area contributed by atoms with Crippen LogP contribution in [-0.4, -0.2) is 11.8 Å². The molecule has 86 valence electrons. The molecular formula is C13H23NO. The van der Waals surface area contributed by atoms with Crippen molar-refractivity contribution < 1.29 is 4.79 Å². The predicted molar refractivity (Wildman–Crippen MR) is 61.4 cm³/mol. The van der Waals surface area contributed by atoms with Gasteiger partial charge in [0.1, 0.15) is 5.78 Å². The van der Waals surface area contributed by atoms with Gasteiger partial charge in [0, 0.05) is 18.4 Å². The van der Waals surface area contributed by atoms with Crippen molar-refractivity contribution in [3.8, 4) is 0 Å². The third-order valence-electron chi connectivity index (χ3n) is 4.38. The summed E-state index contributed by atoms with van der Waals surface area (Å²) in [6, 6.07) is 0.192. The van der Waals surface area contributed by atoms with Crippen LogP contribution in [0.1, 0.15) is 51.9 Å². The molecule has 2 N–H and O–H groups in total. The van der Waals surface area contributed by atoms with Gasteiger partial charge in [0.25, 0.3) is 0 Å². The van der Waals surface area contributed by atoms with Crippen LogP contribution < -0.4 is 5.73 Å². The number of nitrogens with two attached hydrogens (primary N) is 1. The maximum absolute atomic E-state index is 12.0. The van der Waals surface area contributed by atoms with Crippen LogP contribution in [0, 0.1) is 17.8 Å². The Bertz CT molecular complexity index is 237. The van der Waals surface area contributed by atoms with Gasteiger partial charge >= 0.3 is 0 Å². The average Bonchev–Trinajstić information content (AvgIpc) is 2.78. The predicted octanol–water partition coefficient (Wildman–Crippen LogP) is 2.51. The van der Waals surface area contributed by atoms with Gasteiger partial charge in [-0.15, -0.1) is 0 Å². The zero-order valence-electron chi connectivity index (χ0n) is 9.74. The summed E-state index contributed by atoms with van der Waals surface area (Å²) in [5.74, 6) is 1.98. The molecule has 0 spiro atoms. The molecule has 4 atom stereocenters. The molecule has 0 aromatic carbocycles. The highest BCUT2D eigenvalue weighted by Crippen LogP contribution is 2.48. The van der Waals surface area contributed by atoms with E-state index in [1.165, 1.54) is 32.1 Å². The van der Waals surface area contributed by atoms with E-state index in [4.69, 9.17) is 5.73 Å². The zero-order valence-corrected chi connectivity index (χ0v) is 9.74. The Morgan fingerprint density at radius 1 is 1.27 bits per heavy atom. The highest BCUT2D eigenvalue weighted by molar-refractivity contribution is 5.82. The SMILES string of the molecule is CCCCCC(=O)C1C2CCC(C2)C1N. The van der Waals surface area contributed by atoms with Crippen LogP contribution in [0.15, 0.2) is 0 Å². The number of carbonyl (C=O) groups is 1. The molecule has 0 heterocycles. The molecule has 4 unspecified atom stereocenters. The summed E-state index contributed by atoms with van der Waals surface area (Å²) in [4.78, 5) is 12.0. The minimum absolute atomic E-state index is 0.192. The first-order valence-electron chi connectivity index (χ1n) is 6.52. The second kappa shape index (κ2) is 4.65. The highest BCUT2D eigenvalue weighted by Gasteiger charge is 2.48. The van der Waals surface area contributed by atoms with Crippen LogP contribution in [0.4, 0.5) is 0 Å². The molecule has 0 aromatic rings. The fourth-order valence-corrected chi connectivity index (χ4v) is 3.53. The van der Waals surface area contributed by atoms with Gasteiger partial charge in [-0.1, -0.05) is 19.8 Å². The lowest BCUT2D eigenvalue weighted by Crippen LogP contribution is -2.40. The summed E-state index contributed by atoms with van der Waals surface area (Å²) in [6.07, 6.45) is 7.96. The second-order valence-corrected chi connectivity index (χ2v) is 5.36. The van der Waals surface area contributed by atoms with Crippen molar-refractivity contribution in [1.82, 2.24) is 0 Å². The van der Waals surface area contributed by atoms with Crippen molar-refractivity contribution in [2.45, 2.75) is 57.9 Å². The van der Waals surface area contributed by atoms with Gasteiger partial charge in [-0.3, -0.25) is 4.79 Å². The first-order valence-corrected chi connectivity index (χ1v) is 6.52. The summed E-state index contributed by atoms with van der Waals surface area (Å²) in [6.45, 7) is 2.17. The highest BCUT2D eigenvalue weighted by atomic mass is 16.1. The normalized spacial score (nSPS) is 38.5. The lowest BCUT2D eigenvalue weighted by molar-refractivity contribution is -0.125. The Labute approximate surface area is 92.6 Å². The van der Waals surface area contributed by atoms with E-state index in [1.54, 1.807) is 0 Å². The third-order valence-corrected chi connectivity index (χ3v) is 4.38. The van der Waals surface area contributed by atoms with Gasteiger partial charge in [-0.05, 0) is 37.5 Å². The van der Waals surface area contributed by atoms with Crippen LogP contribution in [0.3, 0.4) is 0 Å². The molecule has 2 saturated carbocycles. The maximum atomic E-state index is 12.0. The van der Waals surface area contributed by atoms with Crippen molar-refractivity contribution in [2.24, 2.45) is 23.5 Å². The van der Waals surface area contributed by atoms with Crippen LogP contribution in [0.25, 0.3) is 0 Å². The molecule has 2 fully saturated rings. The van der Waals surface area contributed by atoms with E-state index in [0.29, 0.717) is 17.6 Å². The summed E-state index contributed by atoms with van der Waals surface area (Å²) >= 11 is 0. The molecule has 0 aliphatic heterocycles. The van der Waals surface area contributed by atoms with E-state index in [1.807, 2.05) is 0 Å². The number of Topliss-reactive ketones (excluding diaryl/α,β-unsaturated/α-hetero) is 1. The molecule has 2 aliphatic rings. The smallest absolute Gasteiger partial charge is 0.137 e. The lowest BCUT2D eigenvalue weighted by Gasteiger charge is -2.26. The van der Waals surface area contributed by atoms with E-state index < -0.39 is 0 Å². The minimum Gasteiger partial charge on any atom is -0.327 e. The number of carbonyl (C=O) groups excluding carboxylic acids is 1. The van der Waals surface area contributed by atoms with E-state index in [2.05, 4.69) is 6.92 Å². The van der Waals surface area contributed by atoms with Crippen molar-refractivity contribution in [2.75, 3.05) is 0 Å². The minimum atomic E-state index is 0.192. The summed E-state index contributed by atoms with van der Waals surface area (Å²) < 4.78 is 0. The second-order valence-electron chi connectivity index (χ2n) is 5.36. The number of hydrogen-bond acceptors (Lipinski definition) is 2. The molecule has 0 radical (unpaired) electrons. The molecule has 0 amide bonds. The largest absolute Gasteiger partial charge is 0.327 e. The van der Waals surface area contributed by atoms with Gasteiger partial charge in [-0.2, -0.15) is 0 Å². The fourth-order valence-electron chi connectivity index (χ4n) is 3.53. The van der Waals surface area contributed by atoms with Crippen molar-refractivity contribution in [3.63, 3.8) is 0 Å². The fraction of sp³-hybridized carbons (Fsp3) is 0.923. The number of ketones is 1. The van der Waals surface area contributed by atoms with Crippen molar-refractivity contribution in [1.29, 1.82) is 0 Å². The van der Waals surface area contributed by atoms with E-state index in [9.17, 15) is 4.79 Å². The first-order chi connectivity index (χ1) is 7.24. The Hall–Kier alpha value is -0.370. The lowest BCUT2D eigenvalue weighted by atomic mass is 9.81. The number of fused-ring (bicyclic) bond motifs is 2. The third kappa shape index (κ3) is 2.10. The zero-order chi connectivity index (χ0) is 10.8. The van der Waals surface area contributed by atoms with Crippen LogP contribution in [0.2, 0.25) is 0 Å². The molecule has 0 saturated heterocycles. The van der Waals surface area contributed by atoms with Gasteiger partial charge in [0.15, 0.2) is 0 Å². The van der Waals surface area contributed by atoms with Gasteiger partial charge < -0.3 is 5.73 Å². The summed E-state index contributed by atoms with van der Waals surface area (Å²) in [5.41, 5.74) is 6.15. The average molecular weight is 209 g/mol. The van der Waals surface area contributed by atoms with Gasteiger partial charge in [0.2, 0.25) is 0 Å². The van der Waals surface area contributed by atoms with Crippen LogP contribution in [-0.2, 0) is 4.79 Å². The van der Waals surface area contributed by atoms with E-state index in [-0.39, 0.29) is 12.0 Å². The molecule has 15 heavy (non-hydrogen) atoms. The molecule has 0 aromatic heterocycles. The monoisotopic (exact) mass is 209 g/mol. The van der Waals surface area contributed by atoms with E-state index >= 15 is 0 Å². The molecular weight excluding hydrogens is 186 g/mol. The summed E-state index contributed by atoms with van der Waals surface area (Å²) in [5, 5.41) is 0. The van der Waals surface area contributed by atoms with Crippen molar-refractivity contribution in [3.05, 3.63) is 0 Å².